The first-order valence-corrected chi connectivity index (χ1v) is 18.4. The van der Waals surface area contributed by atoms with Crippen LogP contribution in [0.5, 0.6) is 0 Å². The van der Waals surface area contributed by atoms with Crippen molar-refractivity contribution in [3.05, 3.63) is 41.5 Å². The van der Waals surface area contributed by atoms with E-state index in [1.54, 1.807) is 10.8 Å². The van der Waals surface area contributed by atoms with Gasteiger partial charge in [-0.2, -0.15) is 5.26 Å². The number of allylic oxidation sites excluding steroid dienone is 2. The van der Waals surface area contributed by atoms with Gasteiger partial charge in [0.15, 0.2) is 5.69 Å². The van der Waals surface area contributed by atoms with Crippen LogP contribution >= 0.6 is 0 Å². The molecule has 222 valence electrons. The number of nitrogens with zero attached hydrogens (tertiary/aromatic N) is 4. The number of ether oxygens (including phenoxy) is 1. The molecule has 1 atom stereocenters. The molecule has 0 saturated heterocycles. The smallest absolute Gasteiger partial charge is 0.287 e. The van der Waals surface area contributed by atoms with E-state index in [-0.39, 0.29) is 30.1 Å². The molecular formula is C31H51N5O3Si. The number of hydrogen-bond acceptors (Lipinski definition) is 6. The molecule has 0 spiro atoms. The van der Waals surface area contributed by atoms with Gasteiger partial charge in [0.1, 0.15) is 12.8 Å². The summed E-state index contributed by atoms with van der Waals surface area (Å²) in [6.07, 6.45) is 14.0. The molecule has 2 rings (SSSR count). The molecule has 0 saturated carbocycles. The second kappa shape index (κ2) is 16.0. The van der Waals surface area contributed by atoms with E-state index in [1.165, 1.54) is 18.4 Å². The van der Waals surface area contributed by atoms with Crippen LogP contribution in [0.3, 0.4) is 0 Å². The van der Waals surface area contributed by atoms with E-state index in [0.717, 1.165) is 31.0 Å². The molecule has 0 aromatic carbocycles. The maximum absolute atomic E-state index is 13.0. The third kappa shape index (κ3) is 13.2. The fourth-order valence-corrected chi connectivity index (χ4v) is 5.50. The minimum atomic E-state index is -1.23. The predicted octanol–water partition coefficient (Wildman–Crippen LogP) is 6.12. The number of rotatable bonds is 16. The Balaban J connectivity index is 2.12. The number of nitrogens with one attached hydrogen (secondary N) is 1. The Bertz CT molecular complexity index is 1080. The first-order chi connectivity index (χ1) is 18.8. The topological polar surface area (TPSA) is 113 Å². The van der Waals surface area contributed by atoms with Gasteiger partial charge >= 0.3 is 0 Å². The van der Waals surface area contributed by atoms with Gasteiger partial charge in [-0.25, -0.2) is 4.98 Å². The number of carbonyl (C=O) groups excluding carboxylic acids is 1. The molecule has 2 N–H and O–H groups in total. The quantitative estimate of drug-likeness (QED) is 0.108. The van der Waals surface area contributed by atoms with Crippen LogP contribution in [0.2, 0.25) is 25.7 Å². The van der Waals surface area contributed by atoms with E-state index < -0.39 is 13.7 Å². The average Bonchev–Trinajstić information content (AvgIpc) is 3.28. The summed E-state index contributed by atoms with van der Waals surface area (Å²) in [7, 11) is -1.23. The largest absolute Gasteiger partial charge is 0.390 e. The van der Waals surface area contributed by atoms with Crippen molar-refractivity contribution >= 4 is 19.7 Å². The van der Waals surface area contributed by atoms with Gasteiger partial charge < -0.3 is 19.7 Å². The molecule has 1 heterocycles. The van der Waals surface area contributed by atoms with Crippen molar-refractivity contribution in [1.29, 1.82) is 5.26 Å². The Morgan fingerprint density at radius 1 is 1.35 bits per heavy atom. The fraction of sp³-hybridized carbons (Fsp3) is 0.677. The first kappa shape index (κ1) is 33.7. The molecule has 8 nitrogen and oxygen atoms in total. The van der Waals surface area contributed by atoms with Crippen LogP contribution < -0.4 is 5.32 Å². The van der Waals surface area contributed by atoms with E-state index >= 15 is 0 Å². The highest BCUT2D eigenvalue weighted by Gasteiger charge is 2.24. The van der Waals surface area contributed by atoms with Crippen molar-refractivity contribution in [2.45, 2.75) is 104 Å². The van der Waals surface area contributed by atoms with E-state index in [1.807, 2.05) is 32.1 Å². The van der Waals surface area contributed by atoms with E-state index in [4.69, 9.17) is 9.73 Å². The molecule has 1 aromatic heterocycles. The van der Waals surface area contributed by atoms with Gasteiger partial charge in [-0.1, -0.05) is 51.2 Å². The Morgan fingerprint density at radius 2 is 2.10 bits per heavy atom. The molecule has 0 bridgehead atoms. The van der Waals surface area contributed by atoms with Crippen molar-refractivity contribution in [2.24, 2.45) is 16.8 Å². The molecule has 1 unspecified atom stereocenters. The molecule has 1 aliphatic carbocycles. The standard InChI is InChI=1S/C31H51N5O3Si/c1-24(2)18-26(19-31(3,4)38)28(34-21-25-12-9-8-10-13-25)14-11-15-33-30(37)29-35-27(20-32)22-36(29)23-39-16-17-40(5,6)7/h11-12,14,22,24,26,38H,8-10,13,15-19,21,23H2,1-7H3,(H,33,37)/b14-11-,34-28?. The molecule has 40 heavy (non-hydrogen) atoms. The molecule has 0 aliphatic heterocycles. The summed E-state index contributed by atoms with van der Waals surface area (Å²) < 4.78 is 7.38. The summed E-state index contributed by atoms with van der Waals surface area (Å²) in [6.45, 7) is 16.7. The number of carbonyl (C=O) groups is 1. The van der Waals surface area contributed by atoms with Crippen molar-refractivity contribution < 1.29 is 14.6 Å². The minimum Gasteiger partial charge on any atom is -0.390 e. The average molecular weight is 570 g/mol. The number of hydrogen-bond donors (Lipinski definition) is 2. The maximum atomic E-state index is 13.0. The van der Waals surface area contributed by atoms with Gasteiger partial charge in [-0.05, 0) is 70.4 Å². The molecule has 1 amide bonds. The zero-order valence-corrected chi connectivity index (χ0v) is 26.8. The van der Waals surface area contributed by atoms with Crippen LogP contribution in [0, 0.1) is 23.2 Å². The third-order valence-electron chi connectivity index (χ3n) is 6.76. The lowest BCUT2D eigenvalue weighted by Gasteiger charge is -2.27. The highest BCUT2D eigenvalue weighted by molar-refractivity contribution is 6.76. The monoisotopic (exact) mass is 569 g/mol. The van der Waals surface area contributed by atoms with Crippen LogP contribution in [0.4, 0.5) is 0 Å². The second-order valence-electron chi connectivity index (χ2n) is 13.2. The second-order valence-corrected chi connectivity index (χ2v) is 18.8. The highest BCUT2D eigenvalue weighted by Crippen LogP contribution is 2.26. The normalized spacial score (nSPS) is 15.8. The molecule has 0 radical (unpaired) electrons. The van der Waals surface area contributed by atoms with Crippen molar-refractivity contribution in [2.75, 3.05) is 19.7 Å². The van der Waals surface area contributed by atoms with Gasteiger partial charge in [-0.3, -0.25) is 9.79 Å². The number of aliphatic hydroxyl groups is 1. The zero-order valence-electron chi connectivity index (χ0n) is 25.8. The van der Waals surface area contributed by atoms with Gasteiger partial charge in [-0.15, -0.1) is 0 Å². The van der Waals surface area contributed by atoms with Crippen LogP contribution in [0.25, 0.3) is 0 Å². The van der Waals surface area contributed by atoms with E-state index in [2.05, 4.69) is 49.9 Å². The van der Waals surface area contributed by atoms with Crippen LogP contribution in [0.1, 0.15) is 82.5 Å². The van der Waals surface area contributed by atoms with Crippen molar-refractivity contribution in [1.82, 2.24) is 14.9 Å². The Morgan fingerprint density at radius 3 is 2.70 bits per heavy atom. The summed E-state index contributed by atoms with van der Waals surface area (Å²) in [6, 6.07) is 3.03. The van der Waals surface area contributed by atoms with Crippen LogP contribution in [0.15, 0.2) is 35.0 Å². The van der Waals surface area contributed by atoms with Crippen LogP contribution in [-0.2, 0) is 11.5 Å². The Hall–Kier alpha value is -2.54. The van der Waals surface area contributed by atoms with Gasteiger partial charge in [0.05, 0.1) is 12.1 Å². The number of amides is 1. The van der Waals surface area contributed by atoms with Gasteiger partial charge in [0, 0.05) is 39.1 Å². The van der Waals surface area contributed by atoms with Gasteiger partial charge in [0.25, 0.3) is 5.91 Å². The number of aromatic nitrogens is 2. The lowest BCUT2D eigenvalue weighted by Crippen LogP contribution is -2.29. The summed E-state index contributed by atoms with van der Waals surface area (Å²) in [5, 5.41) is 22.8. The van der Waals surface area contributed by atoms with Crippen molar-refractivity contribution in [3.63, 3.8) is 0 Å². The lowest BCUT2D eigenvalue weighted by atomic mass is 9.83. The highest BCUT2D eigenvalue weighted by atomic mass is 28.3. The molecule has 9 heteroatoms. The molecule has 1 aromatic rings. The van der Waals surface area contributed by atoms with Gasteiger partial charge in [0.2, 0.25) is 5.82 Å². The molecular weight excluding hydrogens is 518 g/mol. The maximum Gasteiger partial charge on any atom is 0.287 e. The summed E-state index contributed by atoms with van der Waals surface area (Å²) in [4.78, 5) is 22.2. The summed E-state index contributed by atoms with van der Waals surface area (Å²) in [5.74, 6) is 0.374. The fourth-order valence-electron chi connectivity index (χ4n) is 4.74. The Labute approximate surface area is 242 Å². The predicted molar refractivity (Wildman–Crippen MR) is 165 cm³/mol. The first-order valence-electron chi connectivity index (χ1n) is 14.7. The molecule has 1 aliphatic rings. The third-order valence-corrected chi connectivity index (χ3v) is 8.46. The SMILES string of the molecule is CC(C)CC(CC(C)(C)O)C(/C=C\CNC(=O)c1nc(C#N)cn1COCC[Si](C)(C)C)=NCC1=CCCCC1. The zero-order chi connectivity index (χ0) is 29.8. The number of aliphatic imine (C=N–C) groups is 1. The summed E-state index contributed by atoms with van der Waals surface area (Å²) in [5.41, 5.74) is 1.72. The lowest BCUT2D eigenvalue weighted by molar-refractivity contribution is 0.0590. The molecule has 0 fully saturated rings. The number of imidazole rings is 1. The summed E-state index contributed by atoms with van der Waals surface area (Å²) >= 11 is 0. The van der Waals surface area contributed by atoms with E-state index in [0.29, 0.717) is 32.0 Å². The Kier molecular flexibility index (Phi) is 13.5. The van der Waals surface area contributed by atoms with Crippen LogP contribution in [-0.4, -0.2) is 59.6 Å². The number of nitriles is 1. The van der Waals surface area contributed by atoms with E-state index in [9.17, 15) is 15.2 Å². The minimum absolute atomic E-state index is 0.113. The van der Waals surface area contributed by atoms with Crippen molar-refractivity contribution in [3.8, 4) is 6.07 Å².